The molecule has 0 spiro atoms. The van der Waals surface area contributed by atoms with Crippen molar-refractivity contribution in [2.75, 3.05) is 11.4 Å². The summed E-state index contributed by atoms with van der Waals surface area (Å²) in [6.45, 7) is 13.8. The van der Waals surface area contributed by atoms with Crippen LogP contribution in [0.5, 0.6) is 0 Å². The molecule has 0 N–H and O–H groups in total. The maximum absolute atomic E-state index is 13.9. The van der Waals surface area contributed by atoms with E-state index in [9.17, 15) is 4.79 Å². The summed E-state index contributed by atoms with van der Waals surface area (Å²) in [5, 5.41) is 1.18. The third kappa shape index (κ3) is 1.95. The second-order valence-corrected chi connectivity index (χ2v) is 9.47. The molecule has 1 unspecified atom stereocenters. The SMILES string of the molecule is Cc1cc(C)c2cc3n(c2c1)C(=O)C1(C)CN(C(C)(C)C)c2cccc-3c21. The zero-order valence-corrected chi connectivity index (χ0v) is 17.0. The summed E-state index contributed by atoms with van der Waals surface area (Å²) in [6.07, 6.45) is 0. The van der Waals surface area contributed by atoms with E-state index in [2.05, 4.69) is 82.8 Å². The first kappa shape index (κ1) is 16.6. The van der Waals surface area contributed by atoms with E-state index in [1.165, 1.54) is 33.3 Å². The summed E-state index contributed by atoms with van der Waals surface area (Å²) in [5.74, 6) is 0.198. The Morgan fingerprint density at radius 3 is 2.52 bits per heavy atom. The maximum atomic E-state index is 13.9. The van der Waals surface area contributed by atoms with E-state index < -0.39 is 5.41 Å². The summed E-state index contributed by atoms with van der Waals surface area (Å²) < 4.78 is 1.98. The van der Waals surface area contributed by atoms with E-state index in [0.29, 0.717) is 0 Å². The molecule has 27 heavy (non-hydrogen) atoms. The van der Waals surface area contributed by atoms with Gasteiger partial charge in [-0.25, -0.2) is 0 Å². The molecule has 3 heterocycles. The molecule has 0 saturated carbocycles. The molecule has 0 fully saturated rings. The van der Waals surface area contributed by atoms with Gasteiger partial charge < -0.3 is 4.90 Å². The average molecular weight is 358 g/mol. The van der Waals surface area contributed by atoms with E-state index in [1.54, 1.807) is 0 Å². The van der Waals surface area contributed by atoms with E-state index >= 15 is 0 Å². The number of anilines is 1. The number of carbonyl (C=O) groups excluding carboxylic acids is 1. The summed E-state index contributed by atoms with van der Waals surface area (Å²) in [7, 11) is 0. The van der Waals surface area contributed by atoms with Crippen molar-refractivity contribution < 1.29 is 4.79 Å². The van der Waals surface area contributed by atoms with Gasteiger partial charge >= 0.3 is 0 Å². The Morgan fingerprint density at radius 1 is 1.07 bits per heavy atom. The Labute approximate surface area is 160 Å². The Balaban J connectivity index is 1.89. The third-order valence-electron chi connectivity index (χ3n) is 6.39. The minimum absolute atomic E-state index is 0.0281. The lowest BCUT2D eigenvalue weighted by Crippen LogP contribution is -2.48. The number of carbonyl (C=O) groups is 1. The first-order valence-electron chi connectivity index (χ1n) is 9.72. The van der Waals surface area contributed by atoms with Crippen molar-refractivity contribution >= 4 is 22.5 Å². The first-order chi connectivity index (χ1) is 12.6. The predicted octanol–water partition coefficient (Wildman–Crippen LogP) is 5.46. The van der Waals surface area contributed by atoms with Gasteiger partial charge in [0.2, 0.25) is 5.91 Å². The molecule has 1 aromatic heterocycles. The molecule has 3 aromatic rings. The number of fused-ring (bicyclic) bond motifs is 4. The van der Waals surface area contributed by atoms with E-state index in [-0.39, 0.29) is 11.4 Å². The van der Waals surface area contributed by atoms with Crippen LogP contribution in [-0.2, 0) is 5.41 Å². The predicted molar refractivity (Wildman–Crippen MR) is 112 cm³/mol. The fourth-order valence-corrected chi connectivity index (χ4v) is 5.14. The first-order valence-corrected chi connectivity index (χ1v) is 9.72. The zero-order valence-electron chi connectivity index (χ0n) is 17.0. The van der Waals surface area contributed by atoms with E-state index in [1.807, 2.05) is 4.57 Å². The number of aromatic nitrogens is 1. The van der Waals surface area contributed by atoms with Crippen molar-refractivity contribution in [2.24, 2.45) is 0 Å². The molecule has 0 aliphatic carbocycles. The van der Waals surface area contributed by atoms with Crippen LogP contribution in [0.3, 0.4) is 0 Å². The minimum Gasteiger partial charge on any atom is -0.365 e. The third-order valence-corrected chi connectivity index (χ3v) is 6.39. The number of hydrogen-bond donors (Lipinski definition) is 0. The van der Waals surface area contributed by atoms with Crippen molar-refractivity contribution in [3.8, 4) is 11.3 Å². The average Bonchev–Trinajstić information content (AvgIpc) is 3.11. The molecule has 5 rings (SSSR count). The summed E-state index contributed by atoms with van der Waals surface area (Å²) in [6, 6.07) is 13.0. The van der Waals surface area contributed by atoms with Crippen LogP contribution in [0.1, 0.15) is 49.2 Å². The van der Waals surface area contributed by atoms with Crippen molar-refractivity contribution in [3.63, 3.8) is 0 Å². The molecule has 3 heteroatoms. The molecule has 3 nitrogen and oxygen atoms in total. The molecule has 0 amide bonds. The Hall–Kier alpha value is -2.55. The van der Waals surface area contributed by atoms with E-state index in [4.69, 9.17) is 0 Å². The second kappa shape index (κ2) is 4.83. The Morgan fingerprint density at radius 2 is 1.81 bits per heavy atom. The normalized spacial score (nSPS) is 21.0. The minimum atomic E-state index is -0.518. The maximum Gasteiger partial charge on any atom is 0.243 e. The summed E-state index contributed by atoms with van der Waals surface area (Å²) in [5.41, 5.74) is 7.57. The van der Waals surface area contributed by atoms with Crippen LogP contribution in [-0.4, -0.2) is 22.6 Å². The Bertz CT molecular complexity index is 1150. The molecule has 0 bridgehead atoms. The molecule has 138 valence electrons. The van der Waals surface area contributed by atoms with Gasteiger partial charge in [0.15, 0.2) is 0 Å². The van der Waals surface area contributed by atoms with Crippen LogP contribution in [0.25, 0.3) is 22.2 Å². The van der Waals surface area contributed by atoms with E-state index in [0.717, 1.165) is 17.8 Å². The van der Waals surface area contributed by atoms with Gasteiger partial charge in [0.25, 0.3) is 0 Å². The molecule has 1 atom stereocenters. The molecular weight excluding hydrogens is 332 g/mol. The van der Waals surface area contributed by atoms with Crippen LogP contribution in [0.4, 0.5) is 5.69 Å². The topological polar surface area (TPSA) is 25.2 Å². The van der Waals surface area contributed by atoms with Crippen LogP contribution < -0.4 is 4.90 Å². The largest absolute Gasteiger partial charge is 0.365 e. The smallest absolute Gasteiger partial charge is 0.243 e. The van der Waals surface area contributed by atoms with Gasteiger partial charge in [-0.05, 0) is 70.9 Å². The molecule has 2 aliphatic rings. The second-order valence-electron chi connectivity index (χ2n) is 9.47. The highest BCUT2D eigenvalue weighted by Crippen LogP contribution is 2.53. The molecule has 2 aromatic carbocycles. The van der Waals surface area contributed by atoms with Gasteiger partial charge in [-0.15, -0.1) is 0 Å². The van der Waals surface area contributed by atoms with Crippen molar-refractivity contribution in [1.29, 1.82) is 0 Å². The van der Waals surface area contributed by atoms with Crippen LogP contribution in [0.2, 0.25) is 0 Å². The van der Waals surface area contributed by atoms with Gasteiger partial charge in [-0.3, -0.25) is 9.36 Å². The quantitative estimate of drug-likeness (QED) is 0.533. The van der Waals surface area contributed by atoms with Crippen LogP contribution in [0, 0.1) is 13.8 Å². The van der Waals surface area contributed by atoms with Crippen molar-refractivity contribution in [3.05, 3.63) is 53.1 Å². The lowest BCUT2D eigenvalue weighted by Gasteiger charge is -2.36. The van der Waals surface area contributed by atoms with Gasteiger partial charge in [-0.2, -0.15) is 0 Å². The highest BCUT2D eigenvalue weighted by atomic mass is 16.2. The van der Waals surface area contributed by atoms with Gasteiger partial charge in [0, 0.05) is 34.3 Å². The number of hydrogen-bond acceptors (Lipinski definition) is 2. The van der Waals surface area contributed by atoms with Gasteiger partial charge in [0.05, 0.1) is 16.6 Å². The standard InChI is InChI=1S/C24H26N2O/c1-14-10-15(2)17-12-20-16-8-7-9-18-21(16)24(6,13-25(18)23(3,4)5)22(27)26(20)19(17)11-14/h7-12H,13H2,1-6H3. The summed E-state index contributed by atoms with van der Waals surface area (Å²) >= 11 is 0. The number of rotatable bonds is 0. The fraction of sp³-hybridized carbons (Fsp3) is 0.375. The fourth-order valence-electron chi connectivity index (χ4n) is 5.14. The Kier molecular flexibility index (Phi) is 2.97. The van der Waals surface area contributed by atoms with Crippen LogP contribution >= 0.6 is 0 Å². The summed E-state index contributed by atoms with van der Waals surface area (Å²) in [4.78, 5) is 16.3. The molecule has 0 radical (unpaired) electrons. The number of aryl methyl sites for hydroxylation is 2. The molecule has 0 saturated heterocycles. The van der Waals surface area contributed by atoms with Crippen LogP contribution in [0.15, 0.2) is 36.4 Å². The van der Waals surface area contributed by atoms with Crippen molar-refractivity contribution in [1.82, 2.24) is 4.57 Å². The van der Waals surface area contributed by atoms with Crippen molar-refractivity contribution in [2.45, 2.75) is 52.5 Å². The van der Waals surface area contributed by atoms with Gasteiger partial charge in [0.1, 0.15) is 0 Å². The zero-order chi connectivity index (χ0) is 19.3. The molecular formula is C24H26N2O. The number of benzene rings is 2. The highest BCUT2D eigenvalue weighted by molar-refractivity contribution is 6.10. The van der Waals surface area contributed by atoms with Gasteiger partial charge in [-0.1, -0.05) is 18.2 Å². The lowest BCUT2D eigenvalue weighted by atomic mass is 9.77. The molecule has 2 aliphatic heterocycles. The number of nitrogens with zero attached hydrogens (tertiary/aromatic N) is 2. The lowest BCUT2D eigenvalue weighted by molar-refractivity contribution is 0.0820. The highest BCUT2D eigenvalue weighted by Gasteiger charge is 2.52. The monoisotopic (exact) mass is 358 g/mol.